The van der Waals surface area contributed by atoms with Gasteiger partial charge in [-0.2, -0.15) is 0 Å². The van der Waals surface area contributed by atoms with Crippen LogP contribution >= 0.6 is 12.6 Å². The highest BCUT2D eigenvalue weighted by Crippen LogP contribution is 2.33. The Labute approximate surface area is 117 Å². The normalized spacial score (nSPS) is 11.6. The molecule has 0 aliphatic heterocycles. The van der Waals surface area contributed by atoms with Crippen LogP contribution in [-0.4, -0.2) is 6.61 Å². The lowest BCUT2D eigenvalue weighted by Crippen LogP contribution is -2.17. The number of hydrogen-bond donors (Lipinski definition) is 1. The second-order valence-corrected chi connectivity index (χ2v) is 5.94. The molecular weight excluding hydrogens is 240 g/mol. The Kier molecular flexibility index (Phi) is 6.07. The second kappa shape index (κ2) is 7.08. The molecule has 0 radical (unpaired) electrons. The van der Waals surface area contributed by atoms with Gasteiger partial charge >= 0.3 is 0 Å². The van der Waals surface area contributed by atoms with Crippen molar-refractivity contribution in [3.63, 3.8) is 0 Å². The van der Waals surface area contributed by atoms with Crippen LogP contribution < -0.4 is 4.74 Å². The molecule has 0 unspecified atom stereocenters. The van der Waals surface area contributed by atoms with Crippen molar-refractivity contribution < 1.29 is 4.74 Å². The molecule has 0 fully saturated rings. The molecule has 0 aliphatic rings. The van der Waals surface area contributed by atoms with Gasteiger partial charge < -0.3 is 4.74 Å². The van der Waals surface area contributed by atoms with Crippen molar-refractivity contribution in [3.05, 3.63) is 23.8 Å². The molecule has 0 saturated carbocycles. The van der Waals surface area contributed by atoms with Gasteiger partial charge in [0.25, 0.3) is 0 Å². The minimum Gasteiger partial charge on any atom is -0.493 e. The van der Waals surface area contributed by atoms with Gasteiger partial charge in [-0.15, -0.1) is 12.6 Å². The van der Waals surface area contributed by atoms with Crippen LogP contribution in [0.2, 0.25) is 0 Å². The van der Waals surface area contributed by atoms with Gasteiger partial charge in [-0.05, 0) is 36.5 Å². The largest absolute Gasteiger partial charge is 0.493 e. The predicted octanol–water partition coefficient (Wildman–Crippen LogP) is 5.23. The number of unbranched alkanes of at least 4 members (excludes halogenated alkanes) is 2. The monoisotopic (exact) mass is 266 g/mol. The molecule has 1 aromatic rings. The summed E-state index contributed by atoms with van der Waals surface area (Å²) in [5, 5.41) is 0. The summed E-state index contributed by atoms with van der Waals surface area (Å²) in [6.45, 7) is 9.55. The Morgan fingerprint density at radius 3 is 2.44 bits per heavy atom. The number of benzene rings is 1. The maximum absolute atomic E-state index is 5.53. The number of rotatable bonds is 7. The maximum atomic E-state index is 5.53. The minimum absolute atomic E-state index is 0.220. The van der Waals surface area contributed by atoms with Gasteiger partial charge in [-0.3, -0.25) is 0 Å². The van der Waals surface area contributed by atoms with Crippen LogP contribution in [0.3, 0.4) is 0 Å². The first-order chi connectivity index (χ1) is 8.51. The first kappa shape index (κ1) is 15.4. The van der Waals surface area contributed by atoms with E-state index in [1.165, 1.54) is 31.2 Å². The third-order valence-corrected chi connectivity index (χ3v) is 3.80. The number of thiol groups is 1. The minimum atomic E-state index is 0.220. The Bertz CT molecular complexity index is 371. The Morgan fingerprint density at radius 2 is 1.89 bits per heavy atom. The zero-order chi connectivity index (χ0) is 13.6. The van der Waals surface area contributed by atoms with E-state index in [0.717, 1.165) is 10.6 Å². The second-order valence-electron chi connectivity index (χ2n) is 5.46. The van der Waals surface area contributed by atoms with Gasteiger partial charge in [0.1, 0.15) is 5.75 Å². The summed E-state index contributed by atoms with van der Waals surface area (Å²) in [5.74, 6) is 0.883. The molecule has 0 spiro atoms. The zero-order valence-corrected chi connectivity index (χ0v) is 13.0. The smallest absolute Gasteiger partial charge is 0.132 e. The molecule has 0 saturated heterocycles. The highest BCUT2D eigenvalue weighted by atomic mass is 32.1. The first-order valence-electron chi connectivity index (χ1n) is 6.97. The molecule has 0 bridgehead atoms. The molecule has 18 heavy (non-hydrogen) atoms. The highest BCUT2D eigenvalue weighted by molar-refractivity contribution is 7.80. The SMILES string of the molecule is CCCCCC(C)(C)c1ccc(OCC)c(S)c1. The summed E-state index contributed by atoms with van der Waals surface area (Å²) in [4.78, 5) is 0.943. The van der Waals surface area contributed by atoms with Crippen LogP contribution in [0.15, 0.2) is 23.1 Å². The maximum Gasteiger partial charge on any atom is 0.132 e. The van der Waals surface area contributed by atoms with Crippen LogP contribution in [0.5, 0.6) is 5.75 Å². The molecule has 0 N–H and O–H groups in total. The van der Waals surface area contributed by atoms with Gasteiger partial charge in [0.2, 0.25) is 0 Å². The van der Waals surface area contributed by atoms with E-state index >= 15 is 0 Å². The van der Waals surface area contributed by atoms with E-state index in [1.54, 1.807) is 0 Å². The van der Waals surface area contributed by atoms with Gasteiger partial charge in [-0.1, -0.05) is 46.1 Å². The van der Waals surface area contributed by atoms with Crippen molar-refractivity contribution in [2.45, 2.75) is 63.7 Å². The van der Waals surface area contributed by atoms with Crippen LogP contribution in [0.25, 0.3) is 0 Å². The Morgan fingerprint density at radius 1 is 1.17 bits per heavy atom. The van der Waals surface area contributed by atoms with E-state index in [1.807, 2.05) is 13.0 Å². The molecule has 0 heterocycles. The average Bonchev–Trinajstić information content (AvgIpc) is 2.32. The number of hydrogen-bond acceptors (Lipinski definition) is 2. The summed E-state index contributed by atoms with van der Waals surface area (Å²) in [6.07, 6.45) is 5.10. The topological polar surface area (TPSA) is 9.23 Å². The fraction of sp³-hybridized carbons (Fsp3) is 0.625. The van der Waals surface area contributed by atoms with E-state index in [2.05, 4.69) is 45.5 Å². The molecular formula is C16H26OS. The quantitative estimate of drug-likeness (QED) is 0.525. The lowest BCUT2D eigenvalue weighted by Gasteiger charge is -2.26. The molecule has 0 aromatic heterocycles. The van der Waals surface area contributed by atoms with E-state index < -0.39 is 0 Å². The van der Waals surface area contributed by atoms with Crippen LogP contribution in [0.1, 0.15) is 58.9 Å². The Balaban J connectivity index is 2.79. The average molecular weight is 266 g/mol. The standard InChI is InChI=1S/C16H26OS/c1-5-7-8-11-16(3,4)13-9-10-14(17-6-2)15(18)12-13/h9-10,12,18H,5-8,11H2,1-4H3. The molecule has 0 aliphatic carbocycles. The summed E-state index contributed by atoms with van der Waals surface area (Å²) < 4.78 is 5.53. The fourth-order valence-electron chi connectivity index (χ4n) is 2.18. The van der Waals surface area contributed by atoms with Crippen molar-refractivity contribution in [2.24, 2.45) is 0 Å². The molecule has 1 rings (SSSR count). The highest BCUT2D eigenvalue weighted by Gasteiger charge is 2.20. The molecule has 1 nitrogen and oxygen atoms in total. The summed E-state index contributed by atoms with van der Waals surface area (Å²) in [6, 6.07) is 6.37. The van der Waals surface area contributed by atoms with Crippen molar-refractivity contribution >= 4 is 12.6 Å². The van der Waals surface area contributed by atoms with Crippen LogP contribution in [-0.2, 0) is 5.41 Å². The zero-order valence-electron chi connectivity index (χ0n) is 12.1. The van der Waals surface area contributed by atoms with E-state index in [0.29, 0.717) is 6.61 Å². The molecule has 2 heteroatoms. The van der Waals surface area contributed by atoms with Crippen molar-refractivity contribution in [2.75, 3.05) is 6.61 Å². The van der Waals surface area contributed by atoms with Crippen molar-refractivity contribution in [3.8, 4) is 5.75 Å². The third-order valence-electron chi connectivity index (χ3n) is 3.45. The van der Waals surface area contributed by atoms with Gasteiger partial charge in [0.05, 0.1) is 6.61 Å². The third kappa shape index (κ3) is 4.24. The first-order valence-corrected chi connectivity index (χ1v) is 7.42. The van der Waals surface area contributed by atoms with Gasteiger partial charge in [0.15, 0.2) is 0 Å². The lowest BCUT2D eigenvalue weighted by molar-refractivity contribution is 0.331. The van der Waals surface area contributed by atoms with Crippen molar-refractivity contribution in [1.82, 2.24) is 0 Å². The van der Waals surface area contributed by atoms with Gasteiger partial charge in [0, 0.05) is 4.90 Å². The summed E-state index contributed by atoms with van der Waals surface area (Å²) in [5.41, 5.74) is 1.57. The van der Waals surface area contributed by atoms with E-state index in [4.69, 9.17) is 4.74 Å². The van der Waals surface area contributed by atoms with Crippen LogP contribution in [0, 0.1) is 0 Å². The lowest BCUT2D eigenvalue weighted by atomic mass is 9.80. The van der Waals surface area contributed by atoms with E-state index in [9.17, 15) is 0 Å². The number of ether oxygens (including phenoxy) is 1. The summed E-state index contributed by atoms with van der Waals surface area (Å²) >= 11 is 4.52. The van der Waals surface area contributed by atoms with Crippen LogP contribution in [0.4, 0.5) is 0 Å². The molecule has 1 aromatic carbocycles. The fourth-order valence-corrected chi connectivity index (χ4v) is 2.46. The van der Waals surface area contributed by atoms with Crippen molar-refractivity contribution in [1.29, 1.82) is 0 Å². The van der Waals surface area contributed by atoms with E-state index in [-0.39, 0.29) is 5.41 Å². The predicted molar refractivity (Wildman–Crippen MR) is 82.0 cm³/mol. The molecule has 0 atom stereocenters. The van der Waals surface area contributed by atoms with Gasteiger partial charge in [-0.25, -0.2) is 0 Å². The Hall–Kier alpha value is -0.630. The molecule has 0 amide bonds. The summed E-state index contributed by atoms with van der Waals surface area (Å²) in [7, 11) is 0. The molecule has 102 valence electrons.